The van der Waals surface area contributed by atoms with Gasteiger partial charge in [0.15, 0.2) is 0 Å². The average Bonchev–Trinajstić information content (AvgIpc) is 2.59. The molecule has 2 rings (SSSR count). The van der Waals surface area contributed by atoms with Gasteiger partial charge in [-0.2, -0.15) is 0 Å². The third kappa shape index (κ3) is 4.53. The summed E-state index contributed by atoms with van der Waals surface area (Å²) < 4.78 is 0. The van der Waals surface area contributed by atoms with Crippen molar-refractivity contribution in [2.45, 2.75) is 19.8 Å². The number of nitrogens with zero attached hydrogens (tertiary/aromatic N) is 2. The highest BCUT2D eigenvalue weighted by molar-refractivity contribution is 5.94. The second-order valence-electron chi connectivity index (χ2n) is 5.47. The number of pyridine rings is 1. The molecule has 2 heterocycles. The molecule has 2 N–H and O–H groups in total. The number of hydrogen-bond acceptors (Lipinski definition) is 4. The van der Waals surface area contributed by atoms with Crippen molar-refractivity contribution in [1.29, 1.82) is 0 Å². The van der Waals surface area contributed by atoms with Crippen molar-refractivity contribution in [1.82, 2.24) is 20.5 Å². The Morgan fingerprint density at radius 1 is 1.32 bits per heavy atom. The predicted octanol–water partition coefficient (Wildman–Crippen LogP) is 0.660. The van der Waals surface area contributed by atoms with Crippen LogP contribution in [0.15, 0.2) is 24.5 Å². The number of carbonyl (C=O) groups is 2. The highest BCUT2D eigenvalue weighted by Crippen LogP contribution is 2.18. The molecule has 22 heavy (non-hydrogen) atoms. The van der Waals surface area contributed by atoms with E-state index in [0.29, 0.717) is 25.2 Å². The predicted molar refractivity (Wildman–Crippen MR) is 84.4 cm³/mol. The molecule has 0 saturated carbocycles. The third-order valence-electron chi connectivity index (χ3n) is 3.86. The molecule has 1 aromatic heterocycles. The van der Waals surface area contributed by atoms with Gasteiger partial charge in [-0.25, -0.2) is 0 Å². The van der Waals surface area contributed by atoms with Crippen molar-refractivity contribution < 1.29 is 9.59 Å². The number of rotatable bonds is 6. The van der Waals surface area contributed by atoms with E-state index in [1.807, 2.05) is 6.92 Å². The number of aromatic nitrogens is 1. The number of likely N-dealkylation sites (N-methyl/N-ethyl adjacent to an activating group) is 1. The molecule has 1 aliphatic rings. The summed E-state index contributed by atoms with van der Waals surface area (Å²) in [5, 5.41) is 6.11. The maximum Gasteiger partial charge on any atom is 0.253 e. The van der Waals surface area contributed by atoms with Crippen LogP contribution in [0.2, 0.25) is 0 Å². The number of piperidine rings is 1. The first-order valence-electron chi connectivity index (χ1n) is 7.90. The van der Waals surface area contributed by atoms with E-state index >= 15 is 0 Å². The van der Waals surface area contributed by atoms with Gasteiger partial charge in [-0.3, -0.25) is 14.6 Å². The maximum atomic E-state index is 12.4. The molecular weight excluding hydrogens is 280 g/mol. The quantitative estimate of drug-likeness (QED) is 0.757. The van der Waals surface area contributed by atoms with Gasteiger partial charge in [0, 0.05) is 44.1 Å². The molecule has 0 aromatic carbocycles. The van der Waals surface area contributed by atoms with Gasteiger partial charge in [-0.1, -0.05) is 6.92 Å². The van der Waals surface area contributed by atoms with E-state index < -0.39 is 0 Å². The highest BCUT2D eigenvalue weighted by Gasteiger charge is 2.28. The lowest BCUT2D eigenvalue weighted by Gasteiger charge is -2.32. The summed E-state index contributed by atoms with van der Waals surface area (Å²) in [4.78, 5) is 30.3. The largest absolute Gasteiger partial charge is 0.355 e. The summed E-state index contributed by atoms with van der Waals surface area (Å²) in [5.41, 5.74) is 0.628. The Morgan fingerprint density at radius 2 is 2.09 bits per heavy atom. The van der Waals surface area contributed by atoms with Crippen LogP contribution in [-0.2, 0) is 4.79 Å². The lowest BCUT2D eigenvalue weighted by Crippen LogP contribution is -2.46. The van der Waals surface area contributed by atoms with Crippen molar-refractivity contribution in [2.75, 3.05) is 32.7 Å². The van der Waals surface area contributed by atoms with Gasteiger partial charge in [-0.15, -0.1) is 0 Å². The van der Waals surface area contributed by atoms with Gasteiger partial charge >= 0.3 is 0 Å². The Morgan fingerprint density at radius 3 is 2.82 bits per heavy atom. The van der Waals surface area contributed by atoms with Gasteiger partial charge in [0.1, 0.15) is 0 Å². The molecule has 0 radical (unpaired) electrons. The molecule has 1 fully saturated rings. The normalized spacial score (nSPS) is 18.0. The Labute approximate surface area is 131 Å². The van der Waals surface area contributed by atoms with Crippen LogP contribution in [0.25, 0.3) is 0 Å². The molecule has 6 heteroatoms. The molecule has 6 nitrogen and oxygen atoms in total. The first-order valence-corrected chi connectivity index (χ1v) is 7.90. The van der Waals surface area contributed by atoms with E-state index in [9.17, 15) is 9.59 Å². The second-order valence-corrected chi connectivity index (χ2v) is 5.47. The first kappa shape index (κ1) is 16.4. The zero-order valence-corrected chi connectivity index (χ0v) is 13.0. The molecule has 1 saturated heterocycles. The molecule has 0 spiro atoms. The van der Waals surface area contributed by atoms with E-state index in [-0.39, 0.29) is 17.7 Å². The average molecular weight is 304 g/mol. The van der Waals surface area contributed by atoms with E-state index in [0.717, 1.165) is 25.9 Å². The van der Waals surface area contributed by atoms with Crippen LogP contribution in [0.3, 0.4) is 0 Å². The molecule has 1 aromatic rings. The minimum atomic E-state index is -0.110. The Balaban J connectivity index is 1.86. The third-order valence-corrected chi connectivity index (χ3v) is 3.86. The molecule has 1 aliphatic heterocycles. The molecule has 0 aliphatic carbocycles. The zero-order valence-electron chi connectivity index (χ0n) is 13.0. The van der Waals surface area contributed by atoms with Crippen molar-refractivity contribution >= 4 is 11.8 Å². The second kappa shape index (κ2) is 8.48. The van der Waals surface area contributed by atoms with E-state index in [4.69, 9.17) is 0 Å². The van der Waals surface area contributed by atoms with Gasteiger partial charge in [0.25, 0.3) is 5.91 Å². The fourth-order valence-corrected chi connectivity index (χ4v) is 2.65. The summed E-state index contributed by atoms with van der Waals surface area (Å²) in [6, 6.07) is 3.42. The molecule has 1 atom stereocenters. The lowest BCUT2D eigenvalue weighted by molar-refractivity contribution is -0.126. The number of amides is 2. The van der Waals surface area contributed by atoms with Crippen molar-refractivity contribution in [3.8, 4) is 0 Å². The van der Waals surface area contributed by atoms with Crippen LogP contribution < -0.4 is 10.6 Å². The molecule has 0 bridgehead atoms. The van der Waals surface area contributed by atoms with Crippen LogP contribution in [0, 0.1) is 5.92 Å². The summed E-state index contributed by atoms with van der Waals surface area (Å²) >= 11 is 0. The number of likely N-dealkylation sites (tertiary alicyclic amines) is 1. The first-order chi connectivity index (χ1) is 10.7. The Hall–Kier alpha value is -1.95. The van der Waals surface area contributed by atoms with Crippen molar-refractivity contribution in [3.63, 3.8) is 0 Å². The molecule has 2 amide bonds. The number of nitrogens with one attached hydrogen (secondary N) is 2. The van der Waals surface area contributed by atoms with Crippen LogP contribution >= 0.6 is 0 Å². The van der Waals surface area contributed by atoms with Gasteiger partial charge in [-0.05, 0) is 31.5 Å². The van der Waals surface area contributed by atoms with Gasteiger partial charge < -0.3 is 15.5 Å². The van der Waals surface area contributed by atoms with E-state index in [2.05, 4.69) is 15.6 Å². The van der Waals surface area contributed by atoms with Crippen molar-refractivity contribution in [3.05, 3.63) is 30.1 Å². The zero-order chi connectivity index (χ0) is 15.8. The summed E-state index contributed by atoms with van der Waals surface area (Å²) in [6.07, 6.45) is 4.93. The SMILES string of the molecule is CCNCCNC(=O)C1CCCN(C(=O)c2ccncc2)C1. The Bertz CT molecular complexity index is 492. The van der Waals surface area contributed by atoms with Crippen LogP contribution in [-0.4, -0.2) is 54.4 Å². The standard InChI is InChI=1S/C16H24N4O2/c1-2-17-9-10-19-15(21)14-4-3-11-20(12-14)16(22)13-5-7-18-8-6-13/h5-8,14,17H,2-4,9-12H2,1H3,(H,19,21). The topological polar surface area (TPSA) is 74.3 Å². The fraction of sp³-hybridized carbons (Fsp3) is 0.562. The van der Waals surface area contributed by atoms with Gasteiger partial charge in [0.05, 0.1) is 5.92 Å². The lowest BCUT2D eigenvalue weighted by atomic mass is 9.96. The minimum Gasteiger partial charge on any atom is -0.355 e. The smallest absolute Gasteiger partial charge is 0.253 e. The minimum absolute atomic E-state index is 0.0208. The van der Waals surface area contributed by atoms with Crippen LogP contribution in [0.1, 0.15) is 30.1 Å². The fourth-order valence-electron chi connectivity index (χ4n) is 2.65. The van der Waals surface area contributed by atoms with Crippen LogP contribution in [0.5, 0.6) is 0 Å². The number of carbonyl (C=O) groups excluding carboxylic acids is 2. The van der Waals surface area contributed by atoms with E-state index in [1.165, 1.54) is 0 Å². The molecule has 1 unspecified atom stereocenters. The summed E-state index contributed by atoms with van der Waals surface area (Å²) in [5.74, 6) is -0.0844. The Kier molecular flexibility index (Phi) is 6.33. The molecule has 120 valence electrons. The molecular formula is C16H24N4O2. The van der Waals surface area contributed by atoms with Crippen LogP contribution in [0.4, 0.5) is 0 Å². The summed E-state index contributed by atoms with van der Waals surface area (Å²) in [7, 11) is 0. The summed E-state index contributed by atoms with van der Waals surface area (Å²) in [6.45, 7) is 5.53. The monoisotopic (exact) mass is 304 g/mol. The highest BCUT2D eigenvalue weighted by atomic mass is 16.2. The van der Waals surface area contributed by atoms with Crippen molar-refractivity contribution in [2.24, 2.45) is 5.92 Å². The maximum absolute atomic E-state index is 12.4. The number of hydrogen-bond donors (Lipinski definition) is 2. The van der Waals surface area contributed by atoms with E-state index in [1.54, 1.807) is 29.4 Å². The van der Waals surface area contributed by atoms with Gasteiger partial charge in [0.2, 0.25) is 5.91 Å².